The van der Waals surface area contributed by atoms with E-state index in [1.807, 2.05) is 4.90 Å². The van der Waals surface area contributed by atoms with Crippen LogP contribution >= 0.6 is 0 Å². The third-order valence-corrected chi connectivity index (χ3v) is 3.65. The molecule has 1 atom stereocenters. The number of rotatable bonds is 5. The first kappa shape index (κ1) is 16.1. The molecule has 1 fully saturated rings. The third-order valence-electron chi connectivity index (χ3n) is 3.65. The highest BCUT2D eigenvalue weighted by Gasteiger charge is 2.21. The Hall–Kier alpha value is -2.75. The monoisotopic (exact) mass is 332 g/mol. The van der Waals surface area contributed by atoms with Crippen LogP contribution in [0, 0.1) is 0 Å². The van der Waals surface area contributed by atoms with E-state index < -0.39 is 0 Å². The number of hydrogen-bond acceptors (Lipinski definition) is 8. The van der Waals surface area contributed by atoms with Gasteiger partial charge in [0.25, 0.3) is 0 Å². The minimum atomic E-state index is -0.142. The van der Waals surface area contributed by atoms with Crippen molar-refractivity contribution in [3.63, 3.8) is 0 Å². The number of carbonyl (C=O) groups is 1. The van der Waals surface area contributed by atoms with Crippen molar-refractivity contribution in [3.05, 3.63) is 24.3 Å². The average Bonchev–Trinajstić information content (AvgIpc) is 2.95. The van der Waals surface area contributed by atoms with Crippen LogP contribution in [0.15, 0.2) is 18.6 Å². The Morgan fingerprint density at radius 3 is 3.21 bits per heavy atom. The maximum Gasteiger partial charge on any atom is 0.230 e. The van der Waals surface area contributed by atoms with E-state index in [2.05, 4.69) is 30.5 Å². The highest BCUT2D eigenvalue weighted by molar-refractivity contribution is 5.78. The molecule has 0 bridgehead atoms. The fourth-order valence-electron chi connectivity index (χ4n) is 2.50. The Balaban J connectivity index is 1.54. The average molecular weight is 332 g/mol. The normalized spacial score (nSPS) is 18.2. The molecule has 1 saturated heterocycles. The predicted molar refractivity (Wildman–Crippen MR) is 86.1 cm³/mol. The minimum Gasteiger partial charge on any atom is -0.374 e. The zero-order valence-corrected chi connectivity index (χ0v) is 13.2. The number of nitrogens with two attached hydrogens (primary N) is 1. The minimum absolute atomic E-state index is 0.0805. The molecule has 10 heteroatoms. The van der Waals surface area contributed by atoms with Gasteiger partial charge in [-0.3, -0.25) is 9.89 Å². The lowest BCUT2D eigenvalue weighted by molar-refractivity contribution is -0.121. The number of carbonyl (C=O) groups excluding carboxylic acids is 1. The Labute approximate surface area is 138 Å². The maximum absolute atomic E-state index is 12.0. The number of hydrogen-bond donors (Lipinski definition) is 3. The van der Waals surface area contributed by atoms with Gasteiger partial charge >= 0.3 is 0 Å². The molecule has 0 saturated carbocycles. The van der Waals surface area contributed by atoms with E-state index in [0.717, 1.165) is 18.7 Å². The highest BCUT2D eigenvalue weighted by Crippen LogP contribution is 2.13. The molecule has 3 heterocycles. The van der Waals surface area contributed by atoms with Crippen molar-refractivity contribution in [1.29, 1.82) is 0 Å². The number of nitrogens with zero attached hydrogens (tertiary/aromatic N) is 5. The molecule has 2 aromatic heterocycles. The number of aromatic amines is 1. The van der Waals surface area contributed by atoms with Crippen LogP contribution in [-0.2, 0) is 16.0 Å². The number of H-pyrrole nitrogens is 1. The zero-order chi connectivity index (χ0) is 16.8. The molecule has 10 nitrogen and oxygen atoms in total. The molecule has 4 N–H and O–H groups in total. The van der Waals surface area contributed by atoms with Crippen LogP contribution in [0.25, 0.3) is 0 Å². The first-order valence-corrected chi connectivity index (χ1v) is 7.77. The van der Waals surface area contributed by atoms with E-state index in [9.17, 15) is 4.79 Å². The molecule has 128 valence electrons. The van der Waals surface area contributed by atoms with Gasteiger partial charge in [-0.2, -0.15) is 10.1 Å². The summed E-state index contributed by atoms with van der Waals surface area (Å²) in [6.45, 7) is 2.39. The van der Waals surface area contributed by atoms with Gasteiger partial charge in [0.2, 0.25) is 17.8 Å². The van der Waals surface area contributed by atoms with Gasteiger partial charge in [-0.1, -0.05) is 0 Å². The second-order valence-electron chi connectivity index (χ2n) is 5.50. The molecule has 0 radical (unpaired) electrons. The predicted octanol–water partition coefficient (Wildman–Crippen LogP) is -0.869. The molecule has 3 rings (SSSR count). The van der Waals surface area contributed by atoms with Crippen LogP contribution in [0.3, 0.4) is 0 Å². The van der Waals surface area contributed by atoms with Crippen LogP contribution < -0.4 is 16.0 Å². The molecular weight excluding hydrogens is 312 g/mol. The SMILES string of the molecule is Nc1ncnc(N2CCCOC(CNC(=O)Cc3ccn[nH]3)C2)n1. The molecule has 24 heavy (non-hydrogen) atoms. The molecule has 0 aromatic carbocycles. The van der Waals surface area contributed by atoms with Crippen molar-refractivity contribution in [2.24, 2.45) is 0 Å². The Morgan fingerprint density at radius 2 is 2.42 bits per heavy atom. The summed E-state index contributed by atoms with van der Waals surface area (Å²) in [7, 11) is 0. The summed E-state index contributed by atoms with van der Waals surface area (Å²) in [5.74, 6) is 0.638. The quantitative estimate of drug-likeness (QED) is 0.643. The zero-order valence-electron chi connectivity index (χ0n) is 13.2. The van der Waals surface area contributed by atoms with Gasteiger partial charge in [-0.25, -0.2) is 9.97 Å². The molecule has 0 spiro atoms. The van der Waals surface area contributed by atoms with Crippen molar-refractivity contribution < 1.29 is 9.53 Å². The topological polar surface area (TPSA) is 135 Å². The van der Waals surface area contributed by atoms with Gasteiger partial charge in [0.1, 0.15) is 6.33 Å². The summed E-state index contributed by atoms with van der Waals surface area (Å²) < 4.78 is 5.79. The lowest BCUT2D eigenvalue weighted by Gasteiger charge is -2.23. The lowest BCUT2D eigenvalue weighted by Crippen LogP contribution is -2.41. The van der Waals surface area contributed by atoms with Gasteiger partial charge in [0.05, 0.1) is 12.5 Å². The first-order chi connectivity index (χ1) is 11.7. The largest absolute Gasteiger partial charge is 0.374 e. The first-order valence-electron chi connectivity index (χ1n) is 7.77. The third kappa shape index (κ3) is 4.38. The summed E-state index contributed by atoms with van der Waals surface area (Å²) in [6.07, 6.45) is 3.99. The smallest absolute Gasteiger partial charge is 0.230 e. The van der Waals surface area contributed by atoms with Crippen LogP contribution in [0.4, 0.5) is 11.9 Å². The van der Waals surface area contributed by atoms with Gasteiger partial charge in [-0.15, -0.1) is 0 Å². The van der Waals surface area contributed by atoms with E-state index in [-0.39, 0.29) is 24.4 Å². The molecule has 1 aliphatic rings. The summed E-state index contributed by atoms with van der Waals surface area (Å²) >= 11 is 0. The molecule has 1 aliphatic heterocycles. The number of nitrogen functional groups attached to an aromatic ring is 1. The molecule has 2 aromatic rings. The van der Waals surface area contributed by atoms with E-state index in [4.69, 9.17) is 10.5 Å². The number of aromatic nitrogens is 5. The molecular formula is C14H20N8O2. The number of nitrogens with one attached hydrogen (secondary N) is 2. The second kappa shape index (κ2) is 7.68. The fraction of sp³-hybridized carbons (Fsp3) is 0.500. The number of amides is 1. The van der Waals surface area contributed by atoms with E-state index >= 15 is 0 Å². The molecule has 1 unspecified atom stereocenters. The lowest BCUT2D eigenvalue weighted by atomic mass is 10.2. The Kier molecular flexibility index (Phi) is 5.16. The fourth-order valence-corrected chi connectivity index (χ4v) is 2.50. The van der Waals surface area contributed by atoms with Crippen molar-refractivity contribution in [1.82, 2.24) is 30.5 Å². The van der Waals surface area contributed by atoms with Crippen LogP contribution in [0.2, 0.25) is 0 Å². The molecule has 0 aliphatic carbocycles. The molecule has 1 amide bonds. The maximum atomic E-state index is 12.0. The Bertz CT molecular complexity index is 663. The van der Waals surface area contributed by atoms with Crippen molar-refractivity contribution in [2.75, 3.05) is 36.9 Å². The Morgan fingerprint density at radius 1 is 1.50 bits per heavy atom. The van der Waals surface area contributed by atoms with E-state index in [1.54, 1.807) is 12.3 Å². The van der Waals surface area contributed by atoms with Gasteiger partial charge in [0, 0.05) is 38.1 Å². The van der Waals surface area contributed by atoms with Gasteiger partial charge < -0.3 is 20.7 Å². The summed E-state index contributed by atoms with van der Waals surface area (Å²) in [5.41, 5.74) is 6.39. The second-order valence-corrected chi connectivity index (χ2v) is 5.50. The number of anilines is 2. The van der Waals surface area contributed by atoms with Gasteiger partial charge in [0.15, 0.2) is 0 Å². The number of ether oxygens (including phenoxy) is 1. The van der Waals surface area contributed by atoms with Crippen LogP contribution in [0.1, 0.15) is 12.1 Å². The van der Waals surface area contributed by atoms with Crippen molar-refractivity contribution >= 4 is 17.8 Å². The van der Waals surface area contributed by atoms with Crippen LogP contribution in [0.5, 0.6) is 0 Å². The summed E-state index contributed by atoms with van der Waals surface area (Å²) in [4.78, 5) is 26.1. The van der Waals surface area contributed by atoms with E-state index in [0.29, 0.717) is 25.6 Å². The standard InChI is InChI=1S/C14H20N8O2/c15-13-17-9-18-14(20-13)22-4-1-5-24-11(8-22)7-16-12(23)6-10-2-3-19-21-10/h2-3,9,11H,1,4-8H2,(H,16,23)(H,19,21)(H2,15,17,18,20). The van der Waals surface area contributed by atoms with Crippen molar-refractivity contribution in [2.45, 2.75) is 18.9 Å². The van der Waals surface area contributed by atoms with Crippen molar-refractivity contribution in [3.8, 4) is 0 Å². The highest BCUT2D eigenvalue weighted by atomic mass is 16.5. The van der Waals surface area contributed by atoms with E-state index in [1.165, 1.54) is 6.33 Å². The van der Waals surface area contributed by atoms with Crippen LogP contribution in [-0.4, -0.2) is 63.4 Å². The van der Waals surface area contributed by atoms with Gasteiger partial charge in [-0.05, 0) is 12.5 Å². The summed E-state index contributed by atoms with van der Waals surface area (Å²) in [6, 6.07) is 1.77. The summed E-state index contributed by atoms with van der Waals surface area (Å²) in [5, 5.41) is 9.47.